The van der Waals surface area contributed by atoms with Crippen molar-refractivity contribution in [2.75, 3.05) is 0 Å². The number of thiazole rings is 1. The summed E-state index contributed by atoms with van der Waals surface area (Å²) in [5, 5.41) is 4.04. The molecule has 13 heavy (non-hydrogen) atoms. The van der Waals surface area contributed by atoms with Crippen molar-refractivity contribution in [1.82, 2.24) is 14.6 Å². The molecule has 0 saturated carbocycles. The zero-order chi connectivity index (χ0) is 8.84. The van der Waals surface area contributed by atoms with Gasteiger partial charge < -0.3 is 0 Å². The molecule has 0 aliphatic heterocycles. The molecule has 1 aliphatic rings. The first-order chi connectivity index (χ1) is 6.36. The second kappa shape index (κ2) is 2.38. The molecule has 0 spiro atoms. The Labute approximate surface area is 78.2 Å². The highest BCUT2D eigenvalue weighted by molar-refractivity contribution is 7.17. The van der Waals surface area contributed by atoms with Gasteiger partial charge in [0.25, 0.3) is 0 Å². The maximum absolute atomic E-state index is 11.6. The quantitative estimate of drug-likeness (QED) is 0.633. The standard InChI is InChI=1S/C8H7N3OS/c12-5-2-1-3-6-7(5)11-8(13-6)9-4-10-11/h4H,1-3H2. The maximum Gasteiger partial charge on any atom is 0.212 e. The van der Waals surface area contributed by atoms with Crippen LogP contribution in [0.5, 0.6) is 0 Å². The lowest BCUT2D eigenvalue weighted by atomic mass is 10.0. The van der Waals surface area contributed by atoms with Gasteiger partial charge in [0.15, 0.2) is 5.78 Å². The monoisotopic (exact) mass is 193 g/mol. The van der Waals surface area contributed by atoms with E-state index in [4.69, 9.17) is 0 Å². The fourth-order valence-electron chi connectivity index (χ4n) is 1.70. The van der Waals surface area contributed by atoms with E-state index < -0.39 is 0 Å². The van der Waals surface area contributed by atoms with Gasteiger partial charge in [0, 0.05) is 11.3 Å². The molecular weight excluding hydrogens is 186 g/mol. The molecular formula is C8H7N3OS. The van der Waals surface area contributed by atoms with Crippen LogP contribution in [0.4, 0.5) is 0 Å². The van der Waals surface area contributed by atoms with Crippen molar-refractivity contribution in [2.24, 2.45) is 0 Å². The van der Waals surface area contributed by atoms with Crippen LogP contribution < -0.4 is 0 Å². The predicted molar refractivity (Wildman–Crippen MR) is 48.1 cm³/mol. The Hall–Kier alpha value is -1.23. The third-order valence-electron chi connectivity index (χ3n) is 2.28. The van der Waals surface area contributed by atoms with E-state index >= 15 is 0 Å². The molecule has 0 saturated heterocycles. The van der Waals surface area contributed by atoms with Crippen molar-refractivity contribution in [2.45, 2.75) is 19.3 Å². The van der Waals surface area contributed by atoms with Gasteiger partial charge >= 0.3 is 0 Å². The summed E-state index contributed by atoms with van der Waals surface area (Å²) in [5.74, 6) is 0.206. The first-order valence-electron chi connectivity index (χ1n) is 4.21. The Morgan fingerprint density at radius 2 is 2.38 bits per heavy atom. The van der Waals surface area contributed by atoms with Crippen LogP contribution in [0.3, 0.4) is 0 Å². The molecule has 0 amide bonds. The molecule has 4 nitrogen and oxygen atoms in total. The van der Waals surface area contributed by atoms with E-state index in [0.717, 1.165) is 28.4 Å². The fraction of sp³-hybridized carbons (Fsp3) is 0.375. The minimum atomic E-state index is 0.206. The number of ketones is 1. The zero-order valence-electron chi connectivity index (χ0n) is 6.86. The van der Waals surface area contributed by atoms with Gasteiger partial charge in [-0.3, -0.25) is 4.79 Å². The van der Waals surface area contributed by atoms with Crippen molar-refractivity contribution in [3.05, 3.63) is 16.9 Å². The highest BCUT2D eigenvalue weighted by Crippen LogP contribution is 2.28. The van der Waals surface area contributed by atoms with E-state index in [1.54, 1.807) is 15.9 Å². The topological polar surface area (TPSA) is 47.3 Å². The van der Waals surface area contributed by atoms with Crippen LogP contribution in [0, 0.1) is 0 Å². The van der Waals surface area contributed by atoms with Crippen LogP contribution in [0.25, 0.3) is 4.96 Å². The average molecular weight is 193 g/mol. The number of Topliss-reactive ketones (excluding diaryl/α,β-unsaturated/α-hetero) is 1. The largest absolute Gasteiger partial charge is 0.292 e. The van der Waals surface area contributed by atoms with Crippen molar-refractivity contribution in [3.63, 3.8) is 0 Å². The number of carbonyl (C=O) groups excluding carboxylic acids is 1. The van der Waals surface area contributed by atoms with Gasteiger partial charge in [-0.25, -0.2) is 4.98 Å². The van der Waals surface area contributed by atoms with Crippen LogP contribution in [0.15, 0.2) is 6.33 Å². The van der Waals surface area contributed by atoms with Gasteiger partial charge in [-0.2, -0.15) is 9.61 Å². The number of fused-ring (bicyclic) bond motifs is 3. The Morgan fingerprint density at radius 1 is 1.46 bits per heavy atom. The Balaban J connectivity index is 2.39. The second-order valence-corrected chi connectivity index (χ2v) is 4.17. The third-order valence-corrected chi connectivity index (χ3v) is 3.38. The second-order valence-electron chi connectivity index (χ2n) is 3.10. The van der Waals surface area contributed by atoms with E-state index in [-0.39, 0.29) is 5.78 Å². The van der Waals surface area contributed by atoms with E-state index in [9.17, 15) is 4.79 Å². The first-order valence-corrected chi connectivity index (χ1v) is 5.02. The molecule has 0 atom stereocenters. The molecule has 0 N–H and O–H groups in total. The number of nitrogens with zero attached hydrogens (tertiary/aromatic N) is 3. The molecule has 3 rings (SSSR count). The lowest BCUT2D eigenvalue weighted by Gasteiger charge is -2.07. The van der Waals surface area contributed by atoms with Crippen molar-refractivity contribution < 1.29 is 4.79 Å². The minimum Gasteiger partial charge on any atom is -0.292 e. The lowest BCUT2D eigenvalue weighted by Crippen LogP contribution is -2.11. The van der Waals surface area contributed by atoms with Gasteiger partial charge in [-0.1, -0.05) is 11.3 Å². The summed E-state index contributed by atoms with van der Waals surface area (Å²) < 4.78 is 1.67. The molecule has 0 fully saturated rings. The number of carbonyl (C=O) groups is 1. The van der Waals surface area contributed by atoms with Crippen LogP contribution >= 0.6 is 11.3 Å². The molecule has 2 heterocycles. The highest BCUT2D eigenvalue weighted by atomic mass is 32.1. The van der Waals surface area contributed by atoms with Gasteiger partial charge in [0.05, 0.1) is 0 Å². The summed E-state index contributed by atoms with van der Waals surface area (Å²) in [6.07, 6.45) is 4.11. The van der Waals surface area contributed by atoms with E-state index in [2.05, 4.69) is 10.1 Å². The Bertz CT molecular complexity index is 485. The number of hydrogen-bond acceptors (Lipinski definition) is 4. The van der Waals surface area contributed by atoms with E-state index in [0.29, 0.717) is 6.42 Å². The van der Waals surface area contributed by atoms with Crippen molar-refractivity contribution >= 4 is 22.1 Å². The normalized spacial score (nSPS) is 16.5. The molecule has 1 aliphatic carbocycles. The molecule has 0 bridgehead atoms. The number of hydrogen-bond donors (Lipinski definition) is 0. The van der Waals surface area contributed by atoms with E-state index in [1.807, 2.05) is 0 Å². The molecule has 0 radical (unpaired) electrons. The van der Waals surface area contributed by atoms with E-state index in [1.165, 1.54) is 6.33 Å². The van der Waals surface area contributed by atoms with Gasteiger partial charge in [0.1, 0.15) is 12.0 Å². The number of rotatable bonds is 0. The highest BCUT2D eigenvalue weighted by Gasteiger charge is 2.23. The molecule has 0 unspecified atom stereocenters. The summed E-state index contributed by atoms with van der Waals surface area (Å²) in [6.45, 7) is 0. The third kappa shape index (κ3) is 0.875. The number of aryl methyl sites for hydroxylation is 1. The van der Waals surface area contributed by atoms with Gasteiger partial charge in [-0.05, 0) is 12.8 Å². The summed E-state index contributed by atoms with van der Waals surface area (Å²) >= 11 is 1.58. The summed E-state index contributed by atoms with van der Waals surface area (Å²) in [6, 6.07) is 0. The van der Waals surface area contributed by atoms with Crippen LogP contribution in [0.2, 0.25) is 0 Å². The summed E-state index contributed by atoms with van der Waals surface area (Å²) in [7, 11) is 0. The van der Waals surface area contributed by atoms with Crippen molar-refractivity contribution in [3.8, 4) is 0 Å². The molecule has 66 valence electrons. The fourth-order valence-corrected chi connectivity index (χ4v) is 2.79. The minimum absolute atomic E-state index is 0.206. The van der Waals surface area contributed by atoms with Crippen LogP contribution in [0.1, 0.15) is 28.2 Å². The Morgan fingerprint density at radius 3 is 3.31 bits per heavy atom. The SMILES string of the molecule is O=C1CCCc2sc3ncnn3c21. The first kappa shape index (κ1) is 7.20. The van der Waals surface area contributed by atoms with Crippen molar-refractivity contribution in [1.29, 1.82) is 0 Å². The summed E-state index contributed by atoms with van der Waals surface area (Å²) in [4.78, 5) is 17.6. The molecule has 2 aromatic rings. The Kier molecular flexibility index (Phi) is 1.32. The van der Waals surface area contributed by atoms with Crippen LogP contribution in [-0.4, -0.2) is 20.4 Å². The smallest absolute Gasteiger partial charge is 0.212 e. The maximum atomic E-state index is 11.6. The predicted octanol–water partition coefficient (Wildman–Crippen LogP) is 1.31. The molecule has 5 heteroatoms. The number of aromatic nitrogens is 3. The van der Waals surface area contributed by atoms with Gasteiger partial charge in [0.2, 0.25) is 4.96 Å². The average Bonchev–Trinajstić information content (AvgIpc) is 2.62. The van der Waals surface area contributed by atoms with Gasteiger partial charge in [-0.15, -0.1) is 0 Å². The lowest BCUT2D eigenvalue weighted by molar-refractivity contribution is 0.0966. The van der Waals surface area contributed by atoms with Crippen LogP contribution in [-0.2, 0) is 6.42 Å². The molecule has 2 aromatic heterocycles. The molecule has 0 aromatic carbocycles. The summed E-state index contributed by atoms with van der Waals surface area (Å²) in [5.41, 5.74) is 0.767. The zero-order valence-corrected chi connectivity index (χ0v) is 7.67.